The Morgan fingerprint density at radius 3 is 2.66 bits per heavy atom. The highest BCUT2D eigenvalue weighted by molar-refractivity contribution is 5.88. The number of hydrogen-bond donors (Lipinski definition) is 2. The maximum Gasteiger partial charge on any atom is 0.335 e. The molecule has 5 heteroatoms. The van der Waals surface area contributed by atoms with E-state index in [1.54, 1.807) is 12.1 Å². The second kappa shape index (κ2) is 8.72. The lowest BCUT2D eigenvalue weighted by Gasteiger charge is -2.40. The molecule has 2 atom stereocenters. The van der Waals surface area contributed by atoms with E-state index in [1.807, 2.05) is 12.1 Å². The third-order valence-corrected chi connectivity index (χ3v) is 7.18. The fraction of sp³-hybridized carbons (Fsp3) is 0.444. The van der Waals surface area contributed by atoms with Crippen molar-refractivity contribution in [1.82, 2.24) is 9.88 Å². The molecular weight excluding hydrogens is 400 g/mol. The van der Waals surface area contributed by atoms with Gasteiger partial charge in [0.15, 0.2) is 0 Å². The molecule has 0 amide bonds. The number of piperidine rings is 1. The van der Waals surface area contributed by atoms with Gasteiger partial charge in [-0.3, -0.25) is 4.90 Å². The summed E-state index contributed by atoms with van der Waals surface area (Å²) in [6.45, 7) is 6.86. The lowest BCUT2D eigenvalue weighted by atomic mass is 9.90. The number of H-pyrrole nitrogens is 1. The number of carbonyl (C=O) groups is 1. The van der Waals surface area contributed by atoms with E-state index in [0.29, 0.717) is 11.5 Å². The molecule has 1 aliphatic carbocycles. The van der Waals surface area contributed by atoms with Crippen molar-refractivity contribution in [2.45, 2.75) is 64.1 Å². The van der Waals surface area contributed by atoms with Crippen LogP contribution in [-0.4, -0.2) is 40.2 Å². The fourth-order valence-electron chi connectivity index (χ4n) is 5.39. The molecule has 1 aromatic heterocycles. The number of aryl methyl sites for hydroxylation is 1. The monoisotopic (exact) mass is 432 g/mol. The zero-order valence-corrected chi connectivity index (χ0v) is 18.9. The summed E-state index contributed by atoms with van der Waals surface area (Å²) in [4.78, 5) is 17.4. The average Bonchev–Trinajstić information content (AvgIpc) is 3.52. The van der Waals surface area contributed by atoms with Crippen LogP contribution in [0, 0.1) is 6.92 Å². The second-order valence-electron chi connectivity index (χ2n) is 9.32. The quantitative estimate of drug-likeness (QED) is 0.496. The summed E-state index contributed by atoms with van der Waals surface area (Å²) in [6.07, 6.45) is 6.83. The van der Waals surface area contributed by atoms with Crippen LogP contribution in [0.1, 0.15) is 77.2 Å². The number of aromatic carboxylic acids is 1. The van der Waals surface area contributed by atoms with Crippen LogP contribution in [0.4, 0.5) is 0 Å². The minimum atomic E-state index is -0.882. The van der Waals surface area contributed by atoms with Crippen LogP contribution in [0.3, 0.4) is 0 Å². The molecule has 2 aliphatic rings. The topological polar surface area (TPSA) is 65.6 Å². The predicted octanol–water partition coefficient (Wildman–Crippen LogP) is 5.79. The van der Waals surface area contributed by atoms with E-state index in [-0.39, 0.29) is 12.1 Å². The van der Waals surface area contributed by atoms with Crippen molar-refractivity contribution in [3.8, 4) is 0 Å². The molecular formula is C27H32N2O3. The molecule has 168 valence electrons. The standard InChI is InChI=1S/C27H32N2O3/c1-3-32-21-11-13-29(25(15-21)19-6-8-20(9-7-19)27(30)31)16-24-22-10-12-28-26(22)17(2)14-23(24)18-4-5-18/h6-10,12,14,18,21,25,28H,3-5,11,13,15-16H2,1-2H3,(H,30,31). The van der Waals surface area contributed by atoms with Crippen LogP contribution in [-0.2, 0) is 11.3 Å². The first kappa shape index (κ1) is 21.2. The number of aromatic amines is 1. The van der Waals surface area contributed by atoms with Gasteiger partial charge in [-0.2, -0.15) is 0 Å². The molecule has 0 spiro atoms. The van der Waals surface area contributed by atoms with Crippen LogP contribution in [0.25, 0.3) is 10.9 Å². The Hall–Kier alpha value is -2.63. The van der Waals surface area contributed by atoms with Crippen molar-refractivity contribution < 1.29 is 14.6 Å². The molecule has 2 N–H and O–H groups in total. The van der Waals surface area contributed by atoms with Crippen LogP contribution < -0.4 is 0 Å². The Balaban J connectivity index is 1.50. The Bertz CT molecular complexity index is 1110. The van der Waals surface area contributed by atoms with Crippen molar-refractivity contribution in [1.29, 1.82) is 0 Å². The Labute approximate surface area is 189 Å². The van der Waals surface area contributed by atoms with Crippen LogP contribution in [0.15, 0.2) is 42.6 Å². The van der Waals surface area contributed by atoms with Gasteiger partial charge in [-0.15, -0.1) is 0 Å². The number of nitrogens with zero attached hydrogens (tertiary/aromatic N) is 1. The van der Waals surface area contributed by atoms with E-state index in [9.17, 15) is 9.90 Å². The summed E-state index contributed by atoms with van der Waals surface area (Å²) in [7, 11) is 0. The number of benzene rings is 2. The highest BCUT2D eigenvalue weighted by atomic mass is 16.5. The number of nitrogens with one attached hydrogen (secondary N) is 1. The Morgan fingerprint density at radius 2 is 1.97 bits per heavy atom. The first-order valence-corrected chi connectivity index (χ1v) is 11.8. The van der Waals surface area contributed by atoms with Crippen LogP contribution in [0.5, 0.6) is 0 Å². The van der Waals surface area contributed by atoms with E-state index in [2.05, 4.69) is 42.1 Å². The smallest absolute Gasteiger partial charge is 0.335 e. The van der Waals surface area contributed by atoms with Crippen molar-refractivity contribution in [2.24, 2.45) is 0 Å². The molecule has 2 fully saturated rings. The lowest BCUT2D eigenvalue weighted by Crippen LogP contribution is -2.39. The van der Waals surface area contributed by atoms with Crippen LogP contribution >= 0.6 is 0 Å². The normalized spacial score (nSPS) is 21.8. The maximum absolute atomic E-state index is 11.3. The zero-order valence-electron chi connectivity index (χ0n) is 18.9. The first-order chi connectivity index (χ1) is 15.5. The molecule has 1 saturated heterocycles. The molecule has 32 heavy (non-hydrogen) atoms. The summed E-state index contributed by atoms with van der Waals surface area (Å²) in [5.41, 5.74) is 7.05. The second-order valence-corrected chi connectivity index (χ2v) is 9.32. The van der Waals surface area contributed by atoms with Gasteiger partial charge in [0.1, 0.15) is 0 Å². The molecule has 1 aliphatic heterocycles. The largest absolute Gasteiger partial charge is 0.478 e. The Kier molecular flexibility index (Phi) is 5.78. The molecule has 5 nitrogen and oxygen atoms in total. The average molecular weight is 433 g/mol. The van der Waals surface area contributed by atoms with Crippen LogP contribution in [0.2, 0.25) is 0 Å². The van der Waals surface area contributed by atoms with E-state index < -0.39 is 5.97 Å². The number of ether oxygens (including phenoxy) is 1. The third kappa shape index (κ3) is 4.07. The van der Waals surface area contributed by atoms with E-state index >= 15 is 0 Å². The molecule has 5 rings (SSSR count). The predicted molar refractivity (Wildman–Crippen MR) is 126 cm³/mol. The van der Waals surface area contributed by atoms with Gasteiger partial charge in [-0.05, 0) is 85.9 Å². The first-order valence-electron chi connectivity index (χ1n) is 11.8. The van der Waals surface area contributed by atoms with Gasteiger partial charge in [0.2, 0.25) is 0 Å². The van der Waals surface area contributed by atoms with Gasteiger partial charge >= 0.3 is 5.97 Å². The maximum atomic E-state index is 11.3. The highest BCUT2D eigenvalue weighted by Gasteiger charge is 2.33. The molecule has 0 radical (unpaired) electrons. The third-order valence-electron chi connectivity index (χ3n) is 7.18. The summed E-state index contributed by atoms with van der Waals surface area (Å²) in [5.74, 6) is -0.190. The van der Waals surface area contributed by atoms with Gasteiger partial charge in [0.05, 0.1) is 11.7 Å². The number of rotatable bonds is 7. The SMILES string of the molecule is CCOC1CCN(Cc2c(C3CC3)cc(C)c3[nH]ccc23)C(c2ccc(C(=O)O)cc2)C1. The highest BCUT2D eigenvalue weighted by Crippen LogP contribution is 2.45. The van der Waals surface area contributed by atoms with Crippen molar-refractivity contribution in [2.75, 3.05) is 13.2 Å². The van der Waals surface area contributed by atoms with Gasteiger partial charge in [-0.1, -0.05) is 18.2 Å². The van der Waals surface area contributed by atoms with E-state index in [4.69, 9.17) is 4.74 Å². The Morgan fingerprint density at radius 1 is 1.19 bits per heavy atom. The van der Waals surface area contributed by atoms with Gasteiger partial charge in [-0.25, -0.2) is 4.79 Å². The number of carboxylic acid groups (broad SMARTS) is 1. The van der Waals surface area contributed by atoms with Crippen molar-refractivity contribution in [3.05, 3.63) is 70.4 Å². The summed E-state index contributed by atoms with van der Waals surface area (Å²) < 4.78 is 6.01. The number of likely N-dealkylation sites (tertiary alicyclic amines) is 1. The number of fused-ring (bicyclic) bond motifs is 1. The molecule has 2 aromatic carbocycles. The summed E-state index contributed by atoms with van der Waals surface area (Å²) in [5, 5.41) is 10.6. The van der Waals surface area contributed by atoms with E-state index in [1.165, 1.54) is 46.0 Å². The molecule has 2 heterocycles. The summed E-state index contributed by atoms with van der Waals surface area (Å²) in [6, 6.07) is 12.3. The molecule has 1 saturated carbocycles. The number of hydrogen-bond acceptors (Lipinski definition) is 3. The minimum Gasteiger partial charge on any atom is -0.478 e. The summed E-state index contributed by atoms with van der Waals surface area (Å²) >= 11 is 0. The number of aromatic nitrogens is 1. The fourth-order valence-corrected chi connectivity index (χ4v) is 5.39. The van der Waals surface area contributed by atoms with Crippen molar-refractivity contribution >= 4 is 16.9 Å². The van der Waals surface area contributed by atoms with E-state index in [0.717, 1.165) is 32.5 Å². The molecule has 3 aromatic rings. The van der Waals surface area contributed by atoms with Gasteiger partial charge in [0, 0.05) is 42.8 Å². The van der Waals surface area contributed by atoms with Gasteiger partial charge in [0.25, 0.3) is 0 Å². The molecule has 2 unspecified atom stereocenters. The zero-order chi connectivity index (χ0) is 22.2. The van der Waals surface area contributed by atoms with Crippen molar-refractivity contribution in [3.63, 3.8) is 0 Å². The lowest BCUT2D eigenvalue weighted by molar-refractivity contribution is -0.0137. The van der Waals surface area contributed by atoms with Gasteiger partial charge < -0.3 is 14.8 Å². The number of carboxylic acids is 1. The minimum absolute atomic E-state index is 0.213. The molecule has 0 bridgehead atoms.